The number of nitrogens with zero attached hydrogens (tertiary/aromatic N) is 1. The third kappa shape index (κ3) is 3.33. The maximum atomic E-state index is 12.7. The first-order valence-corrected chi connectivity index (χ1v) is 8.52. The van der Waals surface area contributed by atoms with E-state index in [-0.39, 0.29) is 10.8 Å². The van der Waals surface area contributed by atoms with Crippen molar-refractivity contribution in [3.8, 4) is 0 Å². The topological polar surface area (TPSA) is 50.5 Å². The average Bonchev–Trinajstić information content (AvgIpc) is 2.63. The van der Waals surface area contributed by atoms with Gasteiger partial charge in [-0.15, -0.1) is 11.6 Å². The summed E-state index contributed by atoms with van der Waals surface area (Å²) < 4.78 is 32.4. The molecule has 6 heteroatoms. The zero-order chi connectivity index (χ0) is 14.6. The molecule has 0 aliphatic carbocycles. The molecular weight excluding hydrogens is 286 g/mol. The molecule has 0 amide bonds. The minimum Gasteiger partial charge on any atom is -0.465 e. The monoisotopic (exact) mass is 307 g/mol. The maximum absolute atomic E-state index is 12.7. The molecule has 0 unspecified atom stereocenters. The third-order valence-corrected chi connectivity index (χ3v) is 5.36. The summed E-state index contributed by atoms with van der Waals surface area (Å²) in [7, 11) is -3.52. The molecule has 0 aliphatic rings. The van der Waals surface area contributed by atoms with E-state index in [4.69, 9.17) is 16.0 Å². The van der Waals surface area contributed by atoms with Gasteiger partial charge >= 0.3 is 0 Å². The summed E-state index contributed by atoms with van der Waals surface area (Å²) in [5.74, 6) is 1.15. The van der Waals surface area contributed by atoms with E-state index < -0.39 is 10.0 Å². The second kappa shape index (κ2) is 6.77. The van der Waals surface area contributed by atoms with Gasteiger partial charge in [0.05, 0.1) is 5.88 Å². The molecule has 19 heavy (non-hydrogen) atoms. The first kappa shape index (κ1) is 16.5. The van der Waals surface area contributed by atoms with Crippen LogP contribution in [0.5, 0.6) is 0 Å². The van der Waals surface area contributed by atoms with E-state index in [0.29, 0.717) is 30.2 Å². The smallest absolute Gasteiger partial charge is 0.246 e. The van der Waals surface area contributed by atoms with Crippen LogP contribution in [-0.2, 0) is 15.9 Å². The summed E-state index contributed by atoms with van der Waals surface area (Å²) in [6, 6.07) is 0. The average molecular weight is 308 g/mol. The molecule has 1 aromatic rings. The summed E-state index contributed by atoms with van der Waals surface area (Å²) in [6.45, 7) is 8.38. The number of hydrogen-bond acceptors (Lipinski definition) is 3. The van der Waals surface area contributed by atoms with Gasteiger partial charge in [0.25, 0.3) is 0 Å². The van der Waals surface area contributed by atoms with Crippen LogP contribution in [0.1, 0.15) is 43.8 Å². The predicted octanol–water partition coefficient (Wildman–Crippen LogP) is 3.45. The number of sulfonamides is 1. The SMILES string of the molecule is CCCN(CCC)S(=O)(=O)c1c(C)oc(C)c1CCl. The van der Waals surface area contributed by atoms with Crippen LogP contribution < -0.4 is 0 Å². The Bertz CT molecular complexity index is 516. The van der Waals surface area contributed by atoms with Crippen LogP contribution in [0.2, 0.25) is 0 Å². The summed E-state index contributed by atoms with van der Waals surface area (Å²) in [4.78, 5) is 0.252. The molecule has 0 bridgehead atoms. The van der Waals surface area contributed by atoms with Crippen LogP contribution >= 0.6 is 11.6 Å². The summed E-state index contributed by atoms with van der Waals surface area (Å²) in [6.07, 6.45) is 1.57. The Hall–Kier alpha value is -0.520. The van der Waals surface area contributed by atoms with Gasteiger partial charge in [-0.3, -0.25) is 0 Å². The number of rotatable bonds is 7. The molecule has 0 spiro atoms. The third-order valence-electron chi connectivity index (χ3n) is 3.00. The van der Waals surface area contributed by atoms with Gasteiger partial charge in [-0.2, -0.15) is 4.31 Å². The second-order valence-corrected chi connectivity index (χ2v) is 6.70. The van der Waals surface area contributed by atoms with E-state index in [1.54, 1.807) is 13.8 Å². The molecular formula is C13H22ClNO3S. The minimum atomic E-state index is -3.52. The Balaban J connectivity index is 3.32. The van der Waals surface area contributed by atoms with Crippen molar-refractivity contribution in [2.75, 3.05) is 13.1 Å². The second-order valence-electron chi connectivity index (χ2n) is 4.56. The fourth-order valence-electron chi connectivity index (χ4n) is 2.18. The lowest BCUT2D eigenvalue weighted by atomic mass is 10.3. The largest absolute Gasteiger partial charge is 0.465 e. The zero-order valence-electron chi connectivity index (χ0n) is 12.0. The fourth-order valence-corrected chi connectivity index (χ4v) is 4.62. The Morgan fingerprint density at radius 1 is 1.11 bits per heavy atom. The number of halogens is 1. The number of aryl methyl sites for hydroxylation is 2. The van der Waals surface area contributed by atoms with E-state index in [2.05, 4.69) is 0 Å². The molecule has 0 aromatic carbocycles. The van der Waals surface area contributed by atoms with Crippen LogP contribution in [0.15, 0.2) is 9.31 Å². The fraction of sp³-hybridized carbons (Fsp3) is 0.692. The van der Waals surface area contributed by atoms with E-state index in [0.717, 1.165) is 12.8 Å². The number of alkyl halides is 1. The van der Waals surface area contributed by atoms with Crippen LogP contribution in [0, 0.1) is 13.8 Å². The highest BCUT2D eigenvalue weighted by molar-refractivity contribution is 7.89. The Morgan fingerprint density at radius 2 is 1.63 bits per heavy atom. The van der Waals surface area contributed by atoms with Gasteiger partial charge in [0, 0.05) is 18.7 Å². The van der Waals surface area contributed by atoms with Crippen molar-refractivity contribution in [2.45, 2.75) is 51.3 Å². The molecule has 0 aliphatic heterocycles. The van der Waals surface area contributed by atoms with Gasteiger partial charge in [0.2, 0.25) is 10.0 Å². The van der Waals surface area contributed by atoms with Crippen LogP contribution in [0.4, 0.5) is 0 Å². The van der Waals surface area contributed by atoms with Crippen LogP contribution in [0.25, 0.3) is 0 Å². The van der Waals surface area contributed by atoms with Gasteiger partial charge in [-0.25, -0.2) is 8.42 Å². The lowest BCUT2D eigenvalue weighted by molar-refractivity contribution is 0.407. The van der Waals surface area contributed by atoms with E-state index >= 15 is 0 Å². The first-order valence-electron chi connectivity index (χ1n) is 6.55. The summed E-state index contributed by atoms with van der Waals surface area (Å²) in [5, 5.41) is 0. The summed E-state index contributed by atoms with van der Waals surface area (Å²) >= 11 is 5.87. The molecule has 0 fully saturated rings. The van der Waals surface area contributed by atoms with Crippen molar-refractivity contribution < 1.29 is 12.8 Å². The van der Waals surface area contributed by atoms with Crippen molar-refractivity contribution in [2.24, 2.45) is 0 Å². The van der Waals surface area contributed by atoms with Gasteiger partial charge < -0.3 is 4.42 Å². The zero-order valence-corrected chi connectivity index (χ0v) is 13.6. The highest BCUT2D eigenvalue weighted by Gasteiger charge is 2.31. The quantitative estimate of drug-likeness (QED) is 0.725. The molecule has 1 rings (SSSR count). The van der Waals surface area contributed by atoms with Gasteiger partial charge in [-0.05, 0) is 26.7 Å². The molecule has 1 aromatic heterocycles. The molecule has 0 saturated heterocycles. The van der Waals surface area contributed by atoms with Gasteiger partial charge in [0.15, 0.2) is 0 Å². The Kier molecular flexibility index (Phi) is 5.89. The predicted molar refractivity (Wildman–Crippen MR) is 77.1 cm³/mol. The standard InChI is InChI=1S/C13H22ClNO3S/c1-5-7-15(8-6-2)19(16,17)13-11(4)18-10(3)12(13)9-14/h5-9H2,1-4H3. The van der Waals surface area contributed by atoms with Crippen molar-refractivity contribution in [1.29, 1.82) is 0 Å². The molecule has 0 N–H and O–H groups in total. The molecule has 4 nitrogen and oxygen atoms in total. The molecule has 110 valence electrons. The normalized spacial score (nSPS) is 12.3. The minimum absolute atomic E-state index is 0.143. The van der Waals surface area contributed by atoms with Crippen LogP contribution in [0.3, 0.4) is 0 Å². The highest BCUT2D eigenvalue weighted by atomic mass is 35.5. The molecule has 0 saturated carbocycles. The Labute approximate surface area is 120 Å². The van der Waals surface area contributed by atoms with E-state index in [1.807, 2.05) is 13.8 Å². The number of hydrogen-bond donors (Lipinski definition) is 0. The number of furan rings is 1. The lowest BCUT2D eigenvalue weighted by Crippen LogP contribution is -2.33. The maximum Gasteiger partial charge on any atom is 0.246 e. The molecule has 0 radical (unpaired) electrons. The highest BCUT2D eigenvalue weighted by Crippen LogP contribution is 2.30. The van der Waals surface area contributed by atoms with Gasteiger partial charge in [0.1, 0.15) is 16.4 Å². The van der Waals surface area contributed by atoms with Crippen molar-refractivity contribution >= 4 is 21.6 Å². The van der Waals surface area contributed by atoms with Crippen molar-refractivity contribution in [1.82, 2.24) is 4.31 Å². The van der Waals surface area contributed by atoms with E-state index in [1.165, 1.54) is 4.31 Å². The van der Waals surface area contributed by atoms with Gasteiger partial charge in [-0.1, -0.05) is 13.8 Å². The van der Waals surface area contributed by atoms with Crippen LogP contribution in [-0.4, -0.2) is 25.8 Å². The summed E-state index contributed by atoms with van der Waals surface area (Å²) in [5.41, 5.74) is 0.580. The van der Waals surface area contributed by atoms with Crippen molar-refractivity contribution in [3.63, 3.8) is 0 Å². The molecule has 1 heterocycles. The lowest BCUT2D eigenvalue weighted by Gasteiger charge is -2.21. The van der Waals surface area contributed by atoms with E-state index in [9.17, 15) is 8.42 Å². The first-order chi connectivity index (χ1) is 8.89. The van der Waals surface area contributed by atoms with Crippen molar-refractivity contribution in [3.05, 3.63) is 17.1 Å². The molecule has 0 atom stereocenters. The Morgan fingerprint density at radius 3 is 2.05 bits per heavy atom.